The normalized spacial score (nSPS) is 20.4. The molecule has 0 aromatic carbocycles. The number of nitrogens with one attached hydrogen (secondary N) is 1. The van der Waals surface area contributed by atoms with Crippen LogP contribution >= 0.6 is 0 Å². The molecule has 2 aromatic heterocycles. The standard InChI is InChI=1S/C10H13N5O/c1-16-9-5-4-8-12-13-10(15(8)14-9)7-3-2-6-11-7/h4-5,7,11H,2-3,6H2,1H3. The zero-order chi connectivity index (χ0) is 11.0. The van der Waals surface area contributed by atoms with Gasteiger partial charge in [-0.15, -0.1) is 15.3 Å². The molecule has 1 N–H and O–H groups in total. The summed E-state index contributed by atoms with van der Waals surface area (Å²) in [6.45, 7) is 1.03. The first kappa shape index (κ1) is 9.53. The average Bonchev–Trinajstić information content (AvgIpc) is 2.96. The number of fused-ring (bicyclic) bond motifs is 1. The molecular weight excluding hydrogens is 206 g/mol. The Kier molecular flexibility index (Phi) is 2.21. The van der Waals surface area contributed by atoms with Crippen molar-refractivity contribution < 1.29 is 4.74 Å². The van der Waals surface area contributed by atoms with Gasteiger partial charge in [-0.3, -0.25) is 0 Å². The van der Waals surface area contributed by atoms with Crippen molar-refractivity contribution in [1.29, 1.82) is 0 Å². The first-order valence-corrected chi connectivity index (χ1v) is 5.38. The lowest BCUT2D eigenvalue weighted by Crippen LogP contribution is -2.16. The number of aromatic nitrogens is 4. The van der Waals surface area contributed by atoms with E-state index in [9.17, 15) is 0 Å². The van der Waals surface area contributed by atoms with Gasteiger partial charge in [-0.2, -0.15) is 4.52 Å². The maximum absolute atomic E-state index is 5.10. The summed E-state index contributed by atoms with van der Waals surface area (Å²) >= 11 is 0. The van der Waals surface area contributed by atoms with Crippen LogP contribution in [0.4, 0.5) is 0 Å². The Morgan fingerprint density at radius 1 is 1.44 bits per heavy atom. The van der Waals surface area contributed by atoms with Crippen LogP contribution in [0.1, 0.15) is 24.7 Å². The molecule has 0 amide bonds. The quantitative estimate of drug-likeness (QED) is 0.799. The van der Waals surface area contributed by atoms with E-state index in [1.807, 2.05) is 6.07 Å². The molecule has 16 heavy (non-hydrogen) atoms. The first-order valence-electron chi connectivity index (χ1n) is 5.38. The van der Waals surface area contributed by atoms with Crippen LogP contribution in [-0.4, -0.2) is 33.5 Å². The summed E-state index contributed by atoms with van der Waals surface area (Å²) in [4.78, 5) is 0. The topological polar surface area (TPSA) is 64.3 Å². The molecule has 1 fully saturated rings. The predicted molar refractivity (Wildman–Crippen MR) is 57.3 cm³/mol. The van der Waals surface area contributed by atoms with Crippen LogP contribution in [0, 0.1) is 0 Å². The molecule has 0 spiro atoms. The second-order valence-corrected chi connectivity index (χ2v) is 3.85. The van der Waals surface area contributed by atoms with Crippen molar-refractivity contribution in [2.75, 3.05) is 13.7 Å². The Balaban J connectivity index is 2.09. The molecule has 0 saturated carbocycles. The minimum absolute atomic E-state index is 0.259. The molecule has 3 rings (SSSR count). The van der Waals surface area contributed by atoms with Gasteiger partial charge in [0.15, 0.2) is 11.5 Å². The van der Waals surface area contributed by atoms with Crippen molar-refractivity contribution in [3.05, 3.63) is 18.0 Å². The number of methoxy groups -OCH3 is 1. The maximum atomic E-state index is 5.10. The van der Waals surface area contributed by atoms with Crippen molar-refractivity contribution in [3.63, 3.8) is 0 Å². The molecule has 0 radical (unpaired) electrons. The molecule has 1 unspecified atom stereocenters. The molecule has 84 valence electrons. The summed E-state index contributed by atoms with van der Waals surface area (Å²) < 4.78 is 6.85. The third-order valence-corrected chi connectivity index (χ3v) is 2.84. The molecule has 3 heterocycles. The third kappa shape index (κ3) is 1.42. The highest BCUT2D eigenvalue weighted by Gasteiger charge is 2.22. The Hall–Kier alpha value is -1.69. The smallest absolute Gasteiger partial charge is 0.231 e. The summed E-state index contributed by atoms with van der Waals surface area (Å²) in [6, 6.07) is 3.90. The molecule has 1 aliphatic rings. The number of hydrogen-bond donors (Lipinski definition) is 1. The van der Waals surface area contributed by atoms with Crippen LogP contribution in [0.5, 0.6) is 5.88 Å². The van der Waals surface area contributed by atoms with Crippen LogP contribution in [0.15, 0.2) is 12.1 Å². The number of nitrogens with zero attached hydrogens (tertiary/aromatic N) is 4. The molecule has 1 saturated heterocycles. The average molecular weight is 219 g/mol. The minimum atomic E-state index is 0.259. The van der Waals surface area contributed by atoms with Crippen molar-refractivity contribution >= 4 is 5.65 Å². The van der Waals surface area contributed by atoms with Crippen LogP contribution in [-0.2, 0) is 0 Å². The fourth-order valence-corrected chi connectivity index (χ4v) is 2.02. The highest BCUT2D eigenvalue weighted by atomic mass is 16.5. The van der Waals surface area contributed by atoms with E-state index in [0.29, 0.717) is 5.88 Å². The second-order valence-electron chi connectivity index (χ2n) is 3.85. The fourth-order valence-electron chi connectivity index (χ4n) is 2.02. The van der Waals surface area contributed by atoms with Gasteiger partial charge in [0.05, 0.1) is 13.2 Å². The van der Waals surface area contributed by atoms with Crippen molar-refractivity contribution in [3.8, 4) is 5.88 Å². The zero-order valence-electron chi connectivity index (χ0n) is 9.05. The van der Waals surface area contributed by atoms with E-state index in [1.54, 1.807) is 17.7 Å². The van der Waals surface area contributed by atoms with Gasteiger partial charge in [-0.25, -0.2) is 0 Å². The lowest BCUT2D eigenvalue weighted by molar-refractivity contribution is 0.388. The molecule has 1 aliphatic heterocycles. The predicted octanol–water partition coefficient (Wildman–Crippen LogP) is 0.557. The molecule has 1 atom stereocenters. The molecule has 6 nitrogen and oxygen atoms in total. The third-order valence-electron chi connectivity index (χ3n) is 2.84. The second kappa shape index (κ2) is 3.71. The van der Waals surface area contributed by atoms with Gasteiger partial charge in [0, 0.05) is 6.07 Å². The van der Waals surface area contributed by atoms with Gasteiger partial charge < -0.3 is 10.1 Å². The Morgan fingerprint density at radius 3 is 3.12 bits per heavy atom. The summed E-state index contributed by atoms with van der Waals surface area (Å²) in [7, 11) is 1.60. The van der Waals surface area contributed by atoms with E-state index in [4.69, 9.17) is 4.74 Å². The first-order chi connectivity index (χ1) is 7.88. The molecule has 0 bridgehead atoms. The zero-order valence-corrected chi connectivity index (χ0v) is 9.05. The lowest BCUT2D eigenvalue weighted by atomic mass is 10.2. The van der Waals surface area contributed by atoms with Gasteiger partial charge in [0.25, 0.3) is 0 Å². The van der Waals surface area contributed by atoms with Crippen molar-refractivity contribution in [2.24, 2.45) is 0 Å². The van der Waals surface area contributed by atoms with Crippen LogP contribution in [0.2, 0.25) is 0 Å². The van der Waals surface area contributed by atoms with Gasteiger partial charge in [-0.1, -0.05) is 0 Å². The summed E-state index contributed by atoms with van der Waals surface area (Å²) in [5.74, 6) is 1.44. The van der Waals surface area contributed by atoms with E-state index in [-0.39, 0.29) is 6.04 Å². The van der Waals surface area contributed by atoms with Gasteiger partial charge in [0.1, 0.15) is 0 Å². The molecule has 0 aliphatic carbocycles. The summed E-state index contributed by atoms with van der Waals surface area (Å²) in [5, 5.41) is 16.0. The van der Waals surface area contributed by atoms with E-state index in [0.717, 1.165) is 24.4 Å². The highest BCUT2D eigenvalue weighted by Crippen LogP contribution is 2.21. The molecule has 2 aromatic rings. The van der Waals surface area contributed by atoms with E-state index < -0.39 is 0 Å². The SMILES string of the molecule is COc1ccc2nnc(C3CCCN3)n2n1. The number of ether oxygens (including phenoxy) is 1. The minimum Gasteiger partial charge on any atom is -0.480 e. The van der Waals surface area contributed by atoms with E-state index in [2.05, 4.69) is 20.6 Å². The Labute approximate surface area is 92.6 Å². The van der Waals surface area contributed by atoms with Crippen LogP contribution < -0.4 is 10.1 Å². The Bertz CT molecular complexity index is 503. The van der Waals surface area contributed by atoms with E-state index >= 15 is 0 Å². The van der Waals surface area contributed by atoms with Crippen LogP contribution in [0.3, 0.4) is 0 Å². The fraction of sp³-hybridized carbons (Fsp3) is 0.500. The number of rotatable bonds is 2. The monoisotopic (exact) mass is 219 g/mol. The Morgan fingerprint density at radius 2 is 2.38 bits per heavy atom. The van der Waals surface area contributed by atoms with Gasteiger partial charge in [0.2, 0.25) is 5.88 Å². The van der Waals surface area contributed by atoms with Gasteiger partial charge >= 0.3 is 0 Å². The van der Waals surface area contributed by atoms with Crippen LogP contribution in [0.25, 0.3) is 5.65 Å². The molecular formula is C10H13N5O. The van der Waals surface area contributed by atoms with Crippen molar-refractivity contribution in [1.82, 2.24) is 25.1 Å². The van der Waals surface area contributed by atoms with Crippen molar-refractivity contribution in [2.45, 2.75) is 18.9 Å². The maximum Gasteiger partial charge on any atom is 0.231 e. The largest absolute Gasteiger partial charge is 0.480 e. The van der Waals surface area contributed by atoms with Gasteiger partial charge in [-0.05, 0) is 25.5 Å². The summed E-state index contributed by atoms with van der Waals surface area (Å²) in [5.41, 5.74) is 0.754. The highest BCUT2D eigenvalue weighted by molar-refractivity contribution is 5.37. The summed E-state index contributed by atoms with van der Waals surface area (Å²) in [6.07, 6.45) is 2.25. The molecule has 6 heteroatoms. The lowest BCUT2D eigenvalue weighted by Gasteiger charge is -2.07. The number of hydrogen-bond acceptors (Lipinski definition) is 5. The van der Waals surface area contributed by atoms with E-state index in [1.165, 1.54) is 6.42 Å².